The largest absolute Gasteiger partial charge is 0.379 e. The molecule has 4 rings (SSSR count). The van der Waals surface area contributed by atoms with Crippen molar-refractivity contribution in [2.45, 2.75) is 6.04 Å². The molecule has 1 saturated heterocycles. The number of ether oxygens (including phenoxy) is 1. The molecule has 0 unspecified atom stereocenters. The number of nitrogens with zero attached hydrogens (tertiary/aromatic N) is 2. The summed E-state index contributed by atoms with van der Waals surface area (Å²) in [6, 6.07) is 16.7. The van der Waals surface area contributed by atoms with Crippen molar-refractivity contribution < 1.29 is 9.53 Å². The van der Waals surface area contributed by atoms with Crippen molar-refractivity contribution >= 4 is 16.7 Å². The Morgan fingerprint density at radius 1 is 1.07 bits per heavy atom. The number of amides is 1. The first-order valence-electron chi connectivity index (χ1n) is 9.36. The van der Waals surface area contributed by atoms with Crippen molar-refractivity contribution in [1.82, 2.24) is 20.4 Å². The molecule has 28 heavy (non-hydrogen) atoms. The topological polar surface area (TPSA) is 87.3 Å². The Morgan fingerprint density at radius 2 is 1.75 bits per heavy atom. The van der Waals surface area contributed by atoms with Gasteiger partial charge in [0.2, 0.25) is 0 Å². The lowest BCUT2D eigenvalue weighted by atomic mass is 10.1. The fourth-order valence-corrected chi connectivity index (χ4v) is 3.48. The van der Waals surface area contributed by atoms with Gasteiger partial charge in [-0.1, -0.05) is 48.5 Å². The van der Waals surface area contributed by atoms with Crippen LogP contribution in [0.15, 0.2) is 59.4 Å². The van der Waals surface area contributed by atoms with Gasteiger partial charge in [0, 0.05) is 25.0 Å². The normalized spacial score (nSPS) is 16.0. The monoisotopic (exact) mass is 378 g/mol. The van der Waals surface area contributed by atoms with Crippen LogP contribution in [0, 0.1) is 0 Å². The van der Waals surface area contributed by atoms with Gasteiger partial charge in [-0.3, -0.25) is 14.5 Å². The Bertz CT molecular complexity index is 1010. The standard InChI is InChI=1S/C21H22N4O3/c26-20-17-9-5-4-8-16(17)19(23-24-20)21(27)22-18(15-6-2-1-3-7-15)14-25-10-12-28-13-11-25/h1-9,18H,10-14H2,(H,22,27)(H,24,26)/t18-/m1/s1. The summed E-state index contributed by atoms with van der Waals surface area (Å²) in [6.45, 7) is 3.74. The van der Waals surface area contributed by atoms with Crippen molar-refractivity contribution in [3.05, 3.63) is 76.2 Å². The minimum atomic E-state index is -0.311. The van der Waals surface area contributed by atoms with Crippen LogP contribution < -0.4 is 10.9 Å². The Morgan fingerprint density at radius 3 is 2.50 bits per heavy atom. The molecule has 1 aromatic heterocycles. The number of morpholine rings is 1. The zero-order valence-electron chi connectivity index (χ0n) is 15.4. The van der Waals surface area contributed by atoms with Crippen LogP contribution in [-0.4, -0.2) is 53.9 Å². The van der Waals surface area contributed by atoms with Crippen LogP contribution in [0.3, 0.4) is 0 Å². The first-order valence-corrected chi connectivity index (χ1v) is 9.36. The Hall–Kier alpha value is -3.03. The average molecular weight is 378 g/mol. The number of carbonyl (C=O) groups excluding carboxylic acids is 1. The molecule has 1 aliphatic heterocycles. The predicted octanol–water partition coefficient (Wildman–Crippen LogP) is 1.73. The quantitative estimate of drug-likeness (QED) is 0.706. The number of hydrogen-bond donors (Lipinski definition) is 2. The summed E-state index contributed by atoms with van der Waals surface area (Å²) < 4.78 is 5.42. The maximum Gasteiger partial charge on any atom is 0.272 e. The number of rotatable bonds is 5. The van der Waals surface area contributed by atoms with Gasteiger partial charge in [-0.05, 0) is 11.6 Å². The Balaban J connectivity index is 1.62. The molecular weight excluding hydrogens is 356 g/mol. The molecule has 0 spiro atoms. The summed E-state index contributed by atoms with van der Waals surface area (Å²) in [5, 5.41) is 10.5. The van der Waals surface area contributed by atoms with Gasteiger partial charge in [0.1, 0.15) is 0 Å². The molecule has 144 valence electrons. The van der Waals surface area contributed by atoms with E-state index < -0.39 is 0 Å². The number of hydrogen-bond acceptors (Lipinski definition) is 5. The molecule has 2 aromatic carbocycles. The van der Waals surface area contributed by atoms with E-state index in [0.29, 0.717) is 30.5 Å². The molecule has 1 amide bonds. The zero-order valence-corrected chi connectivity index (χ0v) is 15.4. The van der Waals surface area contributed by atoms with Crippen molar-refractivity contribution in [2.24, 2.45) is 0 Å². The summed E-state index contributed by atoms with van der Waals surface area (Å²) >= 11 is 0. The third kappa shape index (κ3) is 3.95. The van der Waals surface area contributed by atoms with Crippen LogP contribution in [0.1, 0.15) is 22.1 Å². The lowest BCUT2D eigenvalue weighted by molar-refractivity contribution is 0.0332. The smallest absolute Gasteiger partial charge is 0.272 e. The maximum absolute atomic E-state index is 13.1. The molecule has 1 aliphatic rings. The molecule has 1 atom stereocenters. The molecule has 0 saturated carbocycles. The van der Waals surface area contributed by atoms with E-state index in [4.69, 9.17) is 4.74 Å². The first-order chi connectivity index (χ1) is 13.7. The van der Waals surface area contributed by atoms with E-state index in [1.165, 1.54) is 0 Å². The lowest BCUT2D eigenvalue weighted by Gasteiger charge is -2.31. The number of carbonyl (C=O) groups is 1. The second kappa shape index (κ2) is 8.33. The fraction of sp³-hybridized carbons (Fsp3) is 0.286. The predicted molar refractivity (Wildman–Crippen MR) is 106 cm³/mol. The number of aromatic nitrogens is 2. The van der Waals surface area contributed by atoms with E-state index in [0.717, 1.165) is 18.7 Å². The summed E-state index contributed by atoms with van der Waals surface area (Å²) in [5.41, 5.74) is 0.939. The highest BCUT2D eigenvalue weighted by molar-refractivity contribution is 6.04. The number of nitrogens with one attached hydrogen (secondary N) is 2. The van der Waals surface area contributed by atoms with Crippen LogP contribution in [0.5, 0.6) is 0 Å². The van der Waals surface area contributed by atoms with Crippen LogP contribution >= 0.6 is 0 Å². The molecule has 0 bridgehead atoms. The molecule has 7 nitrogen and oxygen atoms in total. The molecule has 2 heterocycles. The molecule has 0 aliphatic carbocycles. The van der Waals surface area contributed by atoms with Crippen molar-refractivity contribution in [1.29, 1.82) is 0 Å². The van der Waals surface area contributed by atoms with E-state index in [1.54, 1.807) is 24.3 Å². The van der Waals surface area contributed by atoms with Crippen LogP contribution in [0.25, 0.3) is 10.8 Å². The highest BCUT2D eigenvalue weighted by atomic mass is 16.5. The second-order valence-electron chi connectivity index (χ2n) is 6.80. The molecule has 7 heteroatoms. The molecule has 0 radical (unpaired) electrons. The summed E-state index contributed by atoms with van der Waals surface area (Å²) in [5.74, 6) is -0.311. The first kappa shape index (κ1) is 18.3. The Labute approximate surface area is 162 Å². The molecule has 1 fully saturated rings. The van der Waals surface area contributed by atoms with Crippen molar-refractivity contribution in [2.75, 3.05) is 32.8 Å². The van der Waals surface area contributed by atoms with Gasteiger partial charge >= 0.3 is 0 Å². The lowest BCUT2D eigenvalue weighted by Crippen LogP contribution is -2.43. The number of aromatic amines is 1. The van der Waals surface area contributed by atoms with E-state index >= 15 is 0 Å². The van der Waals surface area contributed by atoms with Gasteiger partial charge in [-0.2, -0.15) is 5.10 Å². The van der Waals surface area contributed by atoms with E-state index in [9.17, 15) is 9.59 Å². The summed E-state index contributed by atoms with van der Waals surface area (Å²) in [6.07, 6.45) is 0. The summed E-state index contributed by atoms with van der Waals surface area (Å²) in [4.78, 5) is 27.3. The van der Waals surface area contributed by atoms with Gasteiger partial charge in [-0.15, -0.1) is 0 Å². The van der Waals surface area contributed by atoms with Crippen LogP contribution in [0.4, 0.5) is 0 Å². The number of fused-ring (bicyclic) bond motifs is 1. The third-order valence-electron chi connectivity index (χ3n) is 4.96. The fourth-order valence-electron chi connectivity index (χ4n) is 3.48. The second-order valence-corrected chi connectivity index (χ2v) is 6.80. The van der Waals surface area contributed by atoms with Gasteiger partial charge in [0.15, 0.2) is 5.69 Å². The zero-order chi connectivity index (χ0) is 19.3. The summed E-state index contributed by atoms with van der Waals surface area (Å²) in [7, 11) is 0. The van der Waals surface area contributed by atoms with Gasteiger partial charge in [0.05, 0.1) is 24.6 Å². The SMILES string of the molecule is O=C(N[C@H](CN1CCOCC1)c1ccccc1)c1n[nH]c(=O)c2ccccc12. The van der Waals surface area contributed by atoms with Crippen molar-refractivity contribution in [3.8, 4) is 0 Å². The third-order valence-corrected chi connectivity index (χ3v) is 4.96. The van der Waals surface area contributed by atoms with Gasteiger partial charge in [-0.25, -0.2) is 5.10 Å². The van der Waals surface area contributed by atoms with Gasteiger partial charge in [0.25, 0.3) is 11.5 Å². The Kier molecular flexibility index (Phi) is 5.45. The van der Waals surface area contributed by atoms with Crippen LogP contribution in [-0.2, 0) is 4.74 Å². The maximum atomic E-state index is 13.1. The van der Waals surface area contributed by atoms with Crippen molar-refractivity contribution in [3.63, 3.8) is 0 Å². The number of H-pyrrole nitrogens is 1. The highest BCUT2D eigenvalue weighted by Crippen LogP contribution is 2.18. The molecular formula is C21H22N4O3. The molecule has 3 aromatic rings. The average Bonchev–Trinajstić information content (AvgIpc) is 2.75. The number of benzene rings is 2. The van der Waals surface area contributed by atoms with E-state index in [-0.39, 0.29) is 23.2 Å². The van der Waals surface area contributed by atoms with Crippen LogP contribution in [0.2, 0.25) is 0 Å². The van der Waals surface area contributed by atoms with Gasteiger partial charge < -0.3 is 10.1 Å². The highest BCUT2D eigenvalue weighted by Gasteiger charge is 2.22. The molecule has 2 N–H and O–H groups in total. The van der Waals surface area contributed by atoms with E-state index in [1.807, 2.05) is 30.3 Å². The van der Waals surface area contributed by atoms with E-state index in [2.05, 4.69) is 20.4 Å². The minimum Gasteiger partial charge on any atom is -0.379 e. The minimum absolute atomic E-state index is 0.195.